The fraction of sp³-hybridized carbons (Fsp3) is 0.524. The maximum Gasteiger partial charge on any atom is 0.352 e. The highest BCUT2D eigenvalue weighted by Crippen LogP contribution is 2.12. The van der Waals surface area contributed by atoms with Crippen molar-refractivity contribution in [2.24, 2.45) is 11.8 Å². The number of benzene rings is 1. The first-order valence-electron chi connectivity index (χ1n) is 19.7. The summed E-state index contributed by atoms with van der Waals surface area (Å²) in [6.07, 6.45) is 3.33. The molecule has 0 fully saturated rings. The van der Waals surface area contributed by atoms with Crippen LogP contribution in [-0.2, 0) is 44.8 Å². The van der Waals surface area contributed by atoms with Gasteiger partial charge in [-0.15, -0.1) is 0 Å². The number of nitrogens with one attached hydrogen (secondary N) is 7. The van der Waals surface area contributed by atoms with Gasteiger partial charge in [0.15, 0.2) is 0 Å². The number of hydrogen-bond acceptors (Lipinski definition) is 9. The molecule has 0 spiro atoms. The van der Waals surface area contributed by atoms with Gasteiger partial charge >= 0.3 is 5.97 Å². The van der Waals surface area contributed by atoms with E-state index in [-0.39, 0.29) is 37.5 Å². The number of carboxylic acids is 1. The van der Waals surface area contributed by atoms with E-state index in [0.717, 1.165) is 5.57 Å². The highest BCUT2D eigenvalue weighted by molar-refractivity contribution is 5.98. The van der Waals surface area contributed by atoms with Crippen LogP contribution in [0.5, 0.6) is 0 Å². The first-order valence-corrected chi connectivity index (χ1v) is 19.7. The van der Waals surface area contributed by atoms with E-state index in [9.17, 15) is 48.6 Å². The largest absolute Gasteiger partial charge is 0.477 e. The first kappa shape index (κ1) is 51.2. The average molecular weight is 826 g/mol. The molecule has 0 radical (unpaired) electrons. The van der Waals surface area contributed by atoms with Crippen LogP contribution in [0.4, 0.5) is 0 Å². The molecule has 326 valence electrons. The molecule has 59 heavy (non-hydrogen) atoms. The second-order valence-corrected chi connectivity index (χ2v) is 15.1. The minimum Gasteiger partial charge on any atom is -0.477 e. The SMILES string of the molecule is C=CC=C(C)CC(NC(=O)CC)C(=O)NC(CC(C)C)C(=O)NC(Cc1ccccc1)C(=O)NC(C(=O)NC(C(=O)NC(C)C(=O)NC(=CC)C(=O)O)C(C)C)C(C)O. The summed E-state index contributed by atoms with van der Waals surface area (Å²) in [5.74, 6) is -7.13. The molecule has 0 saturated carbocycles. The van der Waals surface area contributed by atoms with Crippen molar-refractivity contribution in [1.29, 1.82) is 0 Å². The van der Waals surface area contributed by atoms with Gasteiger partial charge in [0.2, 0.25) is 41.4 Å². The zero-order valence-corrected chi connectivity index (χ0v) is 35.5. The van der Waals surface area contributed by atoms with Crippen LogP contribution in [0, 0.1) is 11.8 Å². The summed E-state index contributed by atoms with van der Waals surface area (Å²) in [5.41, 5.74) is 1.01. The Labute approximate surface area is 346 Å². The normalized spacial score (nSPS) is 15.3. The van der Waals surface area contributed by atoms with Crippen LogP contribution < -0.4 is 37.2 Å². The Hall–Kier alpha value is -5.84. The molecule has 0 bridgehead atoms. The molecule has 7 unspecified atom stereocenters. The van der Waals surface area contributed by atoms with Crippen LogP contribution in [0.25, 0.3) is 0 Å². The molecule has 1 aromatic rings. The zero-order valence-electron chi connectivity index (χ0n) is 35.5. The predicted molar refractivity (Wildman–Crippen MR) is 222 cm³/mol. The molecule has 0 aliphatic rings. The molecule has 1 aromatic carbocycles. The van der Waals surface area contributed by atoms with E-state index in [2.05, 4.69) is 43.8 Å². The molecular weight excluding hydrogens is 763 g/mol. The summed E-state index contributed by atoms with van der Waals surface area (Å²) in [5, 5.41) is 37.7. The van der Waals surface area contributed by atoms with Crippen molar-refractivity contribution in [3.63, 3.8) is 0 Å². The van der Waals surface area contributed by atoms with Crippen molar-refractivity contribution in [2.45, 2.75) is 130 Å². The lowest BCUT2D eigenvalue weighted by Crippen LogP contribution is -2.62. The molecule has 0 saturated heterocycles. The Morgan fingerprint density at radius 3 is 1.76 bits per heavy atom. The van der Waals surface area contributed by atoms with E-state index in [1.165, 1.54) is 26.8 Å². The minimum absolute atomic E-state index is 0.0522. The Morgan fingerprint density at radius 1 is 0.712 bits per heavy atom. The van der Waals surface area contributed by atoms with Crippen molar-refractivity contribution >= 4 is 47.3 Å². The number of amides is 7. The third kappa shape index (κ3) is 18.1. The highest BCUT2D eigenvalue weighted by atomic mass is 16.4. The summed E-state index contributed by atoms with van der Waals surface area (Å²) in [4.78, 5) is 105. The Kier molecular flexibility index (Phi) is 22.1. The predicted octanol–water partition coefficient (Wildman–Crippen LogP) is 1.28. The summed E-state index contributed by atoms with van der Waals surface area (Å²) in [7, 11) is 0. The molecule has 17 nitrogen and oxygen atoms in total. The van der Waals surface area contributed by atoms with Crippen LogP contribution in [0.15, 0.2) is 66.4 Å². The third-order valence-corrected chi connectivity index (χ3v) is 9.00. The molecule has 1 rings (SSSR count). The van der Waals surface area contributed by atoms with E-state index in [1.807, 2.05) is 13.8 Å². The number of aliphatic carboxylic acids is 1. The lowest BCUT2D eigenvalue weighted by molar-refractivity contribution is -0.137. The number of carbonyl (C=O) groups excluding carboxylic acids is 7. The van der Waals surface area contributed by atoms with Crippen LogP contribution in [0.2, 0.25) is 0 Å². The first-order chi connectivity index (χ1) is 27.6. The van der Waals surface area contributed by atoms with Crippen molar-refractivity contribution < 1.29 is 48.6 Å². The molecule has 0 aliphatic heterocycles. The van der Waals surface area contributed by atoms with E-state index >= 15 is 0 Å². The fourth-order valence-electron chi connectivity index (χ4n) is 5.70. The third-order valence-electron chi connectivity index (χ3n) is 9.00. The topological polar surface area (TPSA) is 261 Å². The number of carboxylic acid groups (broad SMARTS) is 1. The molecule has 17 heteroatoms. The second-order valence-electron chi connectivity index (χ2n) is 15.1. The summed E-state index contributed by atoms with van der Waals surface area (Å²) in [6.45, 7) is 18.0. The van der Waals surface area contributed by atoms with Gasteiger partial charge in [-0.05, 0) is 57.9 Å². The van der Waals surface area contributed by atoms with Gasteiger partial charge in [-0.3, -0.25) is 33.6 Å². The zero-order chi connectivity index (χ0) is 45.0. The van der Waals surface area contributed by atoms with Gasteiger partial charge in [0.1, 0.15) is 41.9 Å². The van der Waals surface area contributed by atoms with Gasteiger partial charge in [0.05, 0.1) is 6.10 Å². The van der Waals surface area contributed by atoms with Crippen LogP contribution in [-0.4, -0.2) is 99.9 Å². The lowest BCUT2D eigenvalue weighted by atomic mass is 9.99. The van der Waals surface area contributed by atoms with Crippen molar-refractivity contribution in [3.05, 3.63) is 72.0 Å². The quantitative estimate of drug-likeness (QED) is 0.0533. The Balaban J connectivity index is 3.38. The molecule has 0 aliphatic carbocycles. The van der Waals surface area contributed by atoms with Crippen LogP contribution in [0.3, 0.4) is 0 Å². The van der Waals surface area contributed by atoms with E-state index in [0.29, 0.717) is 5.56 Å². The monoisotopic (exact) mass is 825 g/mol. The molecule has 0 heterocycles. The Bertz CT molecular complexity index is 1710. The molecule has 7 atom stereocenters. The van der Waals surface area contributed by atoms with E-state index in [4.69, 9.17) is 0 Å². The number of aliphatic hydroxyl groups is 1. The smallest absolute Gasteiger partial charge is 0.352 e. The summed E-state index contributed by atoms with van der Waals surface area (Å²) < 4.78 is 0. The number of aliphatic hydroxyl groups excluding tert-OH is 1. The molecular formula is C42H63N7O10. The number of hydrogen-bond donors (Lipinski definition) is 9. The van der Waals surface area contributed by atoms with E-state index < -0.39 is 95.4 Å². The van der Waals surface area contributed by atoms with Gasteiger partial charge < -0.3 is 47.4 Å². The lowest BCUT2D eigenvalue weighted by Gasteiger charge is -2.29. The molecule has 0 aromatic heterocycles. The van der Waals surface area contributed by atoms with Crippen LogP contribution in [0.1, 0.15) is 87.1 Å². The second kappa shape index (κ2) is 25.5. The fourth-order valence-corrected chi connectivity index (χ4v) is 5.70. The number of carbonyl (C=O) groups is 8. The van der Waals surface area contributed by atoms with Gasteiger partial charge in [-0.1, -0.05) is 95.3 Å². The van der Waals surface area contributed by atoms with Crippen molar-refractivity contribution in [1.82, 2.24) is 37.2 Å². The minimum atomic E-state index is -1.62. The van der Waals surface area contributed by atoms with Gasteiger partial charge in [-0.2, -0.15) is 0 Å². The Morgan fingerprint density at radius 2 is 1.25 bits per heavy atom. The highest BCUT2D eigenvalue weighted by Gasteiger charge is 2.35. The number of allylic oxidation sites excluding steroid dienone is 3. The molecule has 7 amide bonds. The average Bonchev–Trinajstić information content (AvgIpc) is 3.16. The van der Waals surface area contributed by atoms with Crippen molar-refractivity contribution in [3.8, 4) is 0 Å². The van der Waals surface area contributed by atoms with Gasteiger partial charge in [0.25, 0.3) is 0 Å². The summed E-state index contributed by atoms with van der Waals surface area (Å²) in [6, 6.07) is 1.13. The van der Waals surface area contributed by atoms with Crippen LogP contribution >= 0.6 is 0 Å². The standard InChI is InChI=1S/C42H63N7O10/c1-11-17-25(8)21-31(44-33(51)13-3)38(54)46-30(20-23(4)5)37(53)47-32(22-28-18-15-14-16-19-28)39(55)49-35(27(10)50)41(57)48-34(24(6)7)40(56)43-26(9)36(52)45-29(12-2)42(58)59/h11-12,14-19,23-24,26-27,30-32,34-35,50H,1,13,20-22H2,2-10H3,(H,43,56)(H,44,51)(H,45,52)(H,46,54)(H,47,53)(H,48,57)(H,49,55)(H,58,59). The maximum atomic E-state index is 14.0. The number of rotatable bonds is 24. The van der Waals surface area contributed by atoms with Gasteiger partial charge in [0, 0.05) is 12.8 Å². The maximum absolute atomic E-state index is 14.0. The molecule has 9 N–H and O–H groups in total. The van der Waals surface area contributed by atoms with Gasteiger partial charge in [-0.25, -0.2) is 4.79 Å². The van der Waals surface area contributed by atoms with E-state index in [1.54, 1.807) is 70.2 Å². The summed E-state index contributed by atoms with van der Waals surface area (Å²) >= 11 is 0. The van der Waals surface area contributed by atoms with Crippen molar-refractivity contribution in [2.75, 3.05) is 0 Å².